The van der Waals surface area contributed by atoms with Gasteiger partial charge >= 0.3 is 0 Å². The van der Waals surface area contributed by atoms with Crippen LogP contribution in [0.1, 0.15) is 11.1 Å². The normalized spacial score (nSPS) is 11.4. The minimum absolute atomic E-state index is 0.264. The van der Waals surface area contributed by atoms with Crippen molar-refractivity contribution in [3.05, 3.63) is 72.3 Å². The molecular weight excluding hydrogens is 324 g/mol. The summed E-state index contributed by atoms with van der Waals surface area (Å²) < 4.78 is 31.3. The van der Waals surface area contributed by atoms with Crippen molar-refractivity contribution in [1.82, 2.24) is 9.55 Å². The standard InChI is InChI=1S/C18H18N2O3S/c1-14-3-5-16(6-4-14)23-12-15-11-17(24(2,21)22)7-8-18(15)20-10-9-19-13-20/h3-11,13H,12H2,1-2H3. The molecule has 0 amide bonds. The van der Waals surface area contributed by atoms with Gasteiger partial charge in [0.2, 0.25) is 0 Å². The maximum absolute atomic E-state index is 11.8. The Morgan fingerprint density at radius 1 is 1.12 bits per heavy atom. The van der Waals surface area contributed by atoms with E-state index in [9.17, 15) is 8.42 Å². The molecule has 6 heteroatoms. The Bertz CT molecular complexity index is 931. The van der Waals surface area contributed by atoms with E-state index in [4.69, 9.17) is 4.74 Å². The molecule has 3 rings (SSSR count). The van der Waals surface area contributed by atoms with Gasteiger partial charge in [0.15, 0.2) is 9.84 Å². The third-order valence-electron chi connectivity index (χ3n) is 3.68. The van der Waals surface area contributed by atoms with Crippen molar-refractivity contribution >= 4 is 9.84 Å². The minimum atomic E-state index is -3.28. The SMILES string of the molecule is Cc1ccc(OCc2cc(S(C)(=O)=O)ccc2-n2ccnc2)cc1. The lowest BCUT2D eigenvalue weighted by Crippen LogP contribution is -2.05. The maximum Gasteiger partial charge on any atom is 0.175 e. The van der Waals surface area contributed by atoms with E-state index in [1.165, 1.54) is 6.26 Å². The highest BCUT2D eigenvalue weighted by Gasteiger charge is 2.12. The summed E-state index contributed by atoms with van der Waals surface area (Å²) in [4.78, 5) is 4.31. The zero-order valence-corrected chi connectivity index (χ0v) is 14.3. The summed E-state index contributed by atoms with van der Waals surface area (Å²) in [6.07, 6.45) is 6.36. The van der Waals surface area contributed by atoms with Crippen LogP contribution in [0.4, 0.5) is 0 Å². The third kappa shape index (κ3) is 3.65. The first-order chi connectivity index (χ1) is 11.4. The molecule has 0 aliphatic carbocycles. The lowest BCUT2D eigenvalue weighted by Gasteiger charge is -2.13. The molecule has 0 unspecified atom stereocenters. The Labute approximate surface area is 141 Å². The van der Waals surface area contributed by atoms with Crippen molar-refractivity contribution in [1.29, 1.82) is 0 Å². The molecule has 0 atom stereocenters. The van der Waals surface area contributed by atoms with Gasteiger partial charge in [0.1, 0.15) is 12.4 Å². The number of rotatable bonds is 5. The topological polar surface area (TPSA) is 61.2 Å². The van der Waals surface area contributed by atoms with Gasteiger partial charge in [-0.05, 0) is 37.3 Å². The fourth-order valence-corrected chi connectivity index (χ4v) is 3.03. The first kappa shape index (κ1) is 16.3. The largest absolute Gasteiger partial charge is 0.489 e. The van der Waals surface area contributed by atoms with Crippen molar-refractivity contribution in [3.63, 3.8) is 0 Å². The first-order valence-corrected chi connectivity index (χ1v) is 9.33. The van der Waals surface area contributed by atoms with Gasteiger partial charge in [0.25, 0.3) is 0 Å². The van der Waals surface area contributed by atoms with Gasteiger partial charge in [-0.1, -0.05) is 17.7 Å². The average Bonchev–Trinajstić information content (AvgIpc) is 3.07. The van der Waals surface area contributed by atoms with E-state index < -0.39 is 9.84 Å². The highest BCUT2D eigenvalue weighted by Crippen LogP contribution is 2.22. The van der Waals surface area contributed by atoms with Crippen molar-refractivity contribution in [2.45, 2.75) is 18.4 Å². The highest BCUT2D eigenvalue weighted by molar-refractivity contribution is 7.90. The quantitative estimate of drug-likeness (QED) is 0.714. The summed E-state index contributed by atoms with van der Waals surface area (Å²) >= 11 is 0. The summed E-state index contributed by atoms with van der Waals surface area (Å²) in [5, 5.41) is 0. The van der Waals surface area contributed by atoms with Crippen LogP contribution in [0, 0.1) is 6.92 Å². The van der Waals surface area contributed by atoms with Crippen molar-refractivity contribution in [2.24, 2.45) is 0 Å². The number of sulfone groups is 1. The molecule has 1 heterocycles. The van der Waals surface area contributed by atoms with E-state index in [0.29, 0.717) is 0 Å². The number of aromatic nitrogens is 2. The van der Waals surface area contributed by atoms with Crippen LogP contribution >= 0.6 is 0 Å². The molecule has 24 heavy (non-hydrogen) atoms. The van der Waals surface area contributed by atoms with Crippen LogP contribution in [0.2, 0.25) is 0 Å². The van der Waals surface area contributed by atoms with Crippen LogP contribution in [0.3, 0.4) is 0 Å². The van der Waals surface area contributed by atoms with Crippen LogP contribution in [-0.4, -0.2) is 24.2 Å². The molecule has 0 saturated carbocycles. The second-order valence-electron chi connectivity index (χ2n) is 5.63. The van der Waals surface area contributed by atoms with Crippen LogP contribution in [0.15, 0.2) is 66.1 Å². The second kappa shape index (κ2) is 6.49. The molecule has 124 valence electrons. The van der Waals surface area contributed by atoms with Gasteiger partial charge in [-0.2, -0.15) is 0 Å². The molecule has 0 saturated heterocycles. The molecule has 0 spiro atoms. The Morgan fingerprint density at radius 3 is 2.50 bits per heavy atom. The number of benzene rings is 2. The first-order valence-electron chi connectivity index (χ1n) is 7.44. The van der Waals surface area contributed by atoms with Gasteiger partial charge in [0, 0.05) is 24.2 Å². The minimum Gasteiger partial charge on any atom is -0.489 e. The zero-order chi connectivity index (χ0) is 17.2. The molecule has 2 aromatic carbocycles. The predicted octanol–water partition coefficient (Wildman–Crippen LogP) is 3.16. The van der Waals surface area contributed by atoms with Crippen molar-refractivity contribution in [2.75, 3.05) is 6.26 Å². The summed E-state index contributed by atoms with van der Waals surface area (Å²) in [5.74, 6) is 0.738. The molecule has 5 nitrogen and oxygen atoms in total. The molecule has 1 aromatic heterocycles. The molecule has 0 aliphatic heterocycles. The van der Waals surface area contributed by atoms with Crippen LogP contribution in [0.25, 0.3) is 5.69 Å². The fraction of sp³-hybridized carbons (Fsp3) is 0.167. The van der Waals surface area contributed by atoms with Gasteiger partial charge in [-0.15, -0.1) is 0 Å². The number of ether oxygens (including phenoxy) is 1. The zero-order valence-electron chi connectivity index (χ0n) is 13.5. The molecule has 0 bridgehead atoms. The van der Waals surface area contributed by atoms with Crippen molar-refractivity contribution < 1.29 is 13.2 Å². The van der Waals surface area contributed by atoms with Crippen LogP contribution in [0.5, 0.6) is 5.75 Å². The molecule has 0 N–H and O–H groups in total. The number of imidazole rings is 1. The Balaban J connectivity index is 1.95. The Hall–Kier alpha value is -2.60. The van der Waals surface area contributed by atoms with Gasteiger partial charge < -0.3 is 9.30 Å². The maximum atomic E-state index is 11.8. The number of hydrogen-bond donors (Lipinski definition) is 0. The van der Waals surface area contributed by atoms with Crippen LogP contribution < -0.4 is 4.74 Å². The lowest BCUT2D eigenvalue weighted by atomic mass is 10.2. The van der Waals surface area contributed by atoms with Gasteiger partial charge in [-0.3, -0.25) is 0 Å². The summed E-state index contributed by atoms with van der Waals surface area (Å²) in [6, 6.07) is 12.8. The van der Waals surface area contributed by atoms with E-state index in [1.54, 1.807) is 30.7 Å². The monoisotopic (exact) mass is 342 g/mol. The third-order valence-corrected chi connectivity index (χ3v) is 4.79. The number of hydrogen-bond acceptors (Lipinski definition) is 4. The summed E-state index contributed by atoms with van der Waals surface area (Å²) in [6.45, 7) is 2.27. The molecule has 0 radical (unpaired) electrons. The van der Waals surface area contributed by atoms with Gasteiger partial charge in [-0.25, -0.2) is 13.4 Å². The molecule has 3 aromatic rings. The molecule has 0 aliphatic rings. The van der Waals surface area contributed by atoms with E-state index in [2.05, 4.69) is 4.98 Å². The average molecular weight is 342 g/mol. The Kier molecular flexibility index (Phi) is 4.40. The Morgan fingerprint density at radius 2 is 1.88 bits per heavy atom. The van der Waals surface area contributed by atoms with E-state index in [0.717, 1.165) is 22.6 Å². The number of nitrogens with zero attached hydrogens (tertiary/aromatic N) is 2. The smallest absolute Gasteiger partial charge is 0.175 e. The van der Waals surface area contributed by atoms with Crippen LogP contribution in [-0.2, 0) is 16.4 Å². The van der Waals surface area contributed by atoms with Crippen molar-refractivity contribution in [3.8, 4) is 11.4 Å². The summed E-state index contributed by atoms with van der Waals surface area (Å²) in [7, 11) is -3.28. The molecule has 0 fully saturated rings. The molecular formula is C18H18N2O3S. The van der Waals surface area contributed by atoms with E-state index >= 15 is 0 Å². The summed E-state index contributed by atoms with van der Waals surface area (Å²) in [5.41, 5.74) is 2.77. The lowest BCUT2D eigenvalue weighted by molar-refractivity contribution is 0.305. The second-order valence-corrected chi connectivity index (χ2v) is 7.65. The van der Waals surface area contributed by atoms with E-state index in [1.807, 2.05) is 42.0 Å². The van der Waals surface area contributed by atoms with E-state index in [-0.39, 0.29) is 11.5 Å². The highest BCUT2D eigenvalue weighted by atomic mass is 32.2. The fourth-order valence-electron chi connectivity index (χ4n) is 2.36. The van der Waals surface area contributed by atoms with Gasteiger partial charge in [0.05, 0.1) is 16.9 Å². The predicted molar refractivity (Wildman–Crippen MR) is 92.2 cm³/mol. The number of aryl methyl sites for hydroxylation is 1.